The van der Waals surface area contributed by atoms with Crippen molar-refractivity contribution in [2.24, 2.45) is 0 Å². The number of benzene rings is 2. The van der Waals surface area contributed by atoms with Gasteiger partial charge in [0.05, 0.1) is 18.2 Å². The van der Waals surface area contributed by atoms with Crippen LogP contribution in [-0.4, -0.2) is 28.4 Å². The fourth-order valence-electron chi connectivity index (χ4n) is 3.39. The SMILES string of the molecule is CCOc1ccc(/C(O)=C2/C(=O)C(=O)N(c3nccs3)C2c2cccc(Cl)c2)cc1. The van der Waals surface area contributed by atoms with Gasteiger partial charge in [0.1, 0.15) is 11.5 Å². The van der Waals surface area contributed by atoms with Gasteiger partial charge in [-0.1, -0.05) is 23.7 Å². The monoisotopic (exact) mass is 440 g/mol. The minimum Gasteiger partial charge on any atom is -0.507 e. The first-order chi connectivity index (χ1) is 14.5. The number of carbonyl (C=O) groups is 2. The van der Waals surface area contributed by atoms with E-state index in [9.17, 15) is 14.7 Å². The lowest BCUT2D eigenvalue weighted by Crippen LogP contribution is -2.29. The Balaban J connectivity index is 1.88. The summed E-state index contributed by atoms with van der Waals surface area (Å²) in [6, 6.07) is 12.7. The average Bonchev–Trinajstić information content (AvgIpc) is 3.35. The highest BCUT2D eigenvalue weighted by atomic mass is 35.5. The van der Waals surface area contributed by atoms with Crippen molar-refractivity contribution in [3.05, 3.63) is 81.8 Å². The highest BCUT2D eigenvalue weighted by Crippen LogP contribution is 2.43. The molecule has 2 heterocycles. The van der Waals surface area contributed by atoms with Gasteiger partial charge in [0.25, 0.3) is 5.78 Å². The van der Waals surface area contributed by atoms with Crippen LogP contribution in [0.4, 0.5) is 5.13 Å². The van der Waals surface area contributed by atoms with Crippen molar-refractivity contribution in [1.29, 1.82) is 0 Å². The smallest absolute Gasteiger partial charge is 0.301 e. The number of carbonyl (C=O) groups excluding carboxylic acids is 2. The van der Waals surface area contributed by atoms with Gasteiger partial charge in [-0.25, -0.2) is 4.98 Å². The maximum atomic E-state index is 13.0. The van der Waals surface area contributed by atoms with Crippen LogP contribution in [0.2, 0.25) is 5.02 Å². The number of nitrogens with zero attached hydrogens (tertiary/aromatic N) is 2. The van der Waals surface area contributed by atoms with E-state index >= 15 is 0 Å². The Labute approximate surface area is 182 Å². The van der Waals surface area contributed by atoms with Crippen molar-refractivity contribution < 1.29 is 19.4 Å². The molecule has 1 atom stereocenters. The van der Waals surface area contributed by atoms with E-state index in [0.29, 0.717) is 33.6 Å². The number of thiazole rings is 1. The summed E-state index contributed by atoms with van der Waals surface area (Å²) in [5.41, 5.74) is 0.994. The first-order valence-corrected chi connectivity index (χ1v) is 10.5. The van der Waals surface area contributed by atoms with Gasteiger partial charge in [0, 0.05) is 22.2 Å². The number of aliphatic hydroxyl groups is 1. The maximum absolute atomic E-state index is 13.0. The molecule has 152 valence electrons. The van der Waals surface area contributed by atoms with Gasteiger partial charge in [0.15, 0.2) is 5.13 Å². The Morgan fingerprint density at radius 3 is 2.63 bits per heavy atom. The molecule has 1 aromatic heterocycles. The molecular weight excluding hydrogens is 424 g/mol. The number of Topliss-reactive ketones (excluding diaryl/α,β-unsaturated/α-hetero) is 1. The number of ketones is 1. The predicted octanol–water partition coefficient (Wildman–Crippen LogP) is 4.82. The number of rotatable bonds is 5. The molecule has 1 N–H and O–H groups in total. The Bertz CT molecular complexity index is 1130. The molecule has 1 unspecified atom stereocenters. The normalized spacial score (nSPS) is 18.1. The molecule has 6 nitrogen and oxygen atoms in total. The van der Waals surface area contributed by atoms with Crippen LogP contribution >= 0.6 is 22.9 Å². The van der Waals surface area contributed by atoms with Crippen molar-refractivity contribution in [3.8, 4) is 5.75 Å². The number of aromatic nitrogens is 1. The third kappa shape index (κ3) is 3.58. The Kier molecular flexibility index (Phi) is 5.57. The number of halogens is 1. The summed E-state index contributed by atoms with van der Waals surface area (Å²) in [6.07, 6.45) is 1.56. The van der Waals surface area contributed by atoms with Gasteiger partial charge < -0.3 is 9.84 Å². The van der Waals surface area contributed by atoms with E-state index < -0.39 is 17.7 Å². The molecule has 1 saturated heterocycles. The number of aliphatic hydroxyl groups excluding tert-OH is 1. The zero-order valence-electron chi connectivity index (χ0n) is 15.9. The zero-order chi connectivity index (χ0) is 21.3. The first kappa shape index (κ1) is 20.1. The first-order valence-electron chi connectivity index (χ1n) is 9.20. The minimum atomic E-state index is -0.846. The van der Waals surface area contributed by atoms with Crippen molar-refractivity contribution in [3.63, 3.8) is 0 Å². The second kappa shape index (κ2) is 8.30. The van der Waals surface area contributed by atoms with E-state index in [2.05, 4.69) is 4.98 Å². The highest BCUT2D eigenvalue weighted by molar-refractivity contribution is 7.14. The summed E-state index contributed by atoms with van der Waals surface area (Å²) >= 11 is 7.40. The second-order valence-corrected chi connectivity index (χ2v) is 7.81. The van der Waals surface area contributed by atoms with Gasteiger partial charge in [0.2, 0.25) is 0 Å². The third-order valence-electron chi connectivity index (χ3n) is 4.67. The number of ether oxygens (including phenoxy) is 1. The van der Waals surface area contributed by atoms with E-state index in [-0.39, 0.29) is 11.3 Å². The molecular formula is C22H17ClN2O4S. The molecule has 1 aliphatic rings. The van der Waals surface area contributed by atoms with E-state index in [0.717, 1.165) is 0 Å². The van der Waals surface area contributed by atoms with E-state index in [1.807, 2.05) is 6.92 Å². The molecule has 0 saturated carbocycles. The van der Waals surface area contributed by atoms with Crippen LogP contribution in [-0.2, 0) is 9.59 Å². The van der Waals surface area contributed by atoms with Crippen LogP contribution in [0.5, 0.6) is 5.75 Å². The van der Waals surface area contributed by atoms with Gasteiger partial charge in [-0.2, -0.15) is 0 Å². The number of anilines is 1. The Morgan fingerprint density at radius 2 is 2.00 bits per heavy atom. The van der Waals surface area contributed by atoms with Crippen molar-refractivity contribution in [2.45, 2.75) is 13.0 Å². The van der Waals surface area contributed by atoms with Crippen LogP contribution in [0, 0.1) is 0 Å². The lowest BCUT2D eigenvalue weighted by Gasteiger charge is -2.23. The average molecular weight is 441 g/mol. The minimum absolute atomic E-state index is 0.0124. The Hall–Kier alpha value is -3.16. The van der Waals surface area contributed by atoms with Crippen LogP contribution in [0.3, 0.4) is 0 Å². The van der Waals surface area contributed by atoms with Gasteiger partial charge >= 0.3 is 5.91 Å². The quantitative estimate of drug-likeness (QED) is 0.349. The molecule has 1 aliphatic heterocycles. The molecule has 0 aliphatic carbocycles. The lowest BCUT2D eigenvalue weighted by molar-refractivity contribution is -0.132. The lowest BCUT2D eigenvalue weighted by atomic mass is 9.95. The van der Waals surface area contributed by atoms with E-state index in [1.165, 1.54) is 16.2 Å². The van der Waals surface area contributed by atoms with E-state index in [4.69, 9.17) is 16.3 Å². The molecule has 4 rings (SSSR count). The molecule has 8 heteroatoms. The van der Waals surface area contributed by atoms with Gasteiger partial charge in [-0.05, 0) is 48.9 Å². The van der Waals surface area contributed by atoms with Crippen LogP contribution in [0.15, 0.2) is 65.7 Å². The molecule has 1 amide bonds. The largest absolute Gasteiger partial charge is 0.507 e. The molecule has 1 fully saturated rings. The number of hydrogen-bond acceptors (Lipinski definition) is 6. The van der Waals surface area contributed by atoms with Crippen molar-refractivity contribution in [1.82, 2.24) is 4.98 Å². The molecule has 2 aromatic carbocycles. The predicted molar refractivity (Wildman–Crippen MR) is 116 cm³/mol. The summed E-state index contributed by atoms with van der Waals surface area (Å²) in [6.45, 7) is 2.39. The fourth-order valence-corrected chi connectivity index (χ4v) is 4.25. The zero-order valence-corrected chi connectivity index (χ0v) is 17.5. The summed E-state index contributed by atoms with van der Waals surface area (Å²) in [5.74, 6) is -1.15. The summed E-state index contributed by atoms with van der Waals surface area (Å²) in [5, 5.41) is 13.6. The van der Waals surface area contributed by atoms with Gasteiger partial charge in [-0.3, -0.25) is 14.5 Å². The highest BCUT2D eigenvalue weighted by Gasteiger charge is 2.48. The third-order valence-corrected chi connectivity index (χ3v) is 5.68. The topological polar surface area (TPSA) is 79.7 Å². The fraction of sp³-hybridized carbons (Fsp3) is 0.136. The molecule has 0 radical (unpaired) electrons. The molecule has 3 aromatic rings. The van der Waals surface area contributed by atoms with Crippen molar-refractivity contribution in [2.75, 3.05) is 11.5 Å². The van der Waals surface area contributed by atoms with Gasteiger partial charge in [-0.15, -0.1) is 11.3 Å². The summed E-state index contributed by atoms with van der Waals surface area (Å²) in [4.78, 5) is 31.4. The maximum Gasteiger partial charge on any atom is 0.301 e. The molecule has 0 spiro atoms. The summed E-state index contributed by atoms with van der Waals surface area (Å²) in [7, 11) is 0. The van der Waals surface area contributed by atoms with E-state index in [1.54, 1.807) is 60.1 Å². The van der Waals surface area contributed by atoms with Crippen LogP contribution in [0.25, 0.3) is 5.76 Å². The standard InChI is InChI=1S/C22H17ClN2O4S/c1-2-29-16-8-6-13(7-9-16)19(26)17-18(14-4-3-5-15(23)12-14)25(21(28)20(17)27)22-24-10-11-30-22/h3-12,18,26H,2H2,1H3/b19-17-. The van der Waals surface area contributed by atoms with Crippen molar-refractivity contribution >= 4 is 45.5 Å². The van der Waals surface area contributed by atoms with Crippen LogP contribution in [0.1, 0.15) is 24.1 Å². The summed E-state index contributed by atoms with van der Waals surface area (Å²) < 4.78 is 5.43. The second-order valence-electron chi connectivity index (χ2n) is 6.50. The molecule has 0 bridgehead atoms. The number of hydrogen-bond donors (Lipinski definition) is 1. The number of amides is 1. The Morgan fingerprint density at radius 1 is 1.23 bits per heavy atom. The van der Waals surface area contributed by atoms with Crippen LogP contribution < -0.4 is 9.64 Å². The molecule has 30 heavy (non-hydrogen) atoms.